The summed E-state index contributed by atoms with van der Waals surface area (Å²) in [5.41, 5.74) is 3.83. The second kappa shape index (κ2) is 9.84. The standard InChI is InChI=1S/C28H31NO5/c1-5-16(2)34-28(32)25-17(3)29-23-14-20(18-8-12-22(33-4)13-9-18)15-24(31)27(23)26(25)19-6-10-21(30)11-7-19/h6-13,16,20,25-26,30H,5,14-15H2,1-4H3/t16-,20-,25?,26+/m1/s1. The minimum atomic E-state index is -0.682. The molecule has 0 spiro atoms. The molecule has 178 valence electrons. The molecule has 0 fully saturated rings. The molecule has 0 aromatic heterocycles. The van der Waals surface area contributed by atoms with E-state index in [1.165, 1.54) is 0 Å². The Kier molecular flexibility index (Phi) is 6.87. The van der Waals surface area contributed by atoms with Crippen LogP contribution in [0.4, 0.5) is 0 Å². The lowest BCUT2D eigenvalue weighted by Gasteiger charge is -2.37. The molecule has 2 aromatic rings. The highest BCUT2D eigenvalue weighted by molar-refractivity contribution is 6.09. The molecule has 4 rings (SSSR count). The number of esters is 1. The van der Waals surface area contributed by atoms with E-state index in [9.17, 15) is 14.7 Å². The van der Waals surface area contributed by atoms with Crippen LogP contribution in [0.3, 0.4) is 0 Å². The van der Waals surface area contributed by atoms with E-state index in [-0.39, 0.29) is 29.5 Å². The molecule has 1 heterocycles. The van der Waals surface area contributed by atoms with Gasteiger partial charge in [0.15, 0.2) is 5.78 Å². The molecular formula is C28H31NO5. The van der Waals surface area contributed by atoms with Gasteiger partial charge in [-0.1, -0.05) is 31.2 Å². The van der Waals surface area contributed by atoms with E-state index in [0.717, 1.165) is 22.6 Å². The fourth-order valence-electron chi connectivity index (χ4n) is 4.87. The van der Waals surface area contributed by atoms with Gasteiger partial charge in [-0.3, -0.25) is 14.6 Å². The molecule has 0 radical (unpaired) electrons. The Hall–Kier alpha value is -3.41. The van der Waals surface area contributed by atoms with Gasteiger partial charge in [-0.05, 0) is 68.0 Å². The van der Waals surface area contributed by atoms with Crippen molar-refractivity contribution in [3.8, 4) is 11.5 Å². The van der Waals surface area contributed by atoms with Crippen LogP contribution in [0.5, 0.6) is 11.5 Å². The lowest BCUT2D eigenvalue weighted by Crippen LogP contribution is -2.39. The number of hydrogen-bond acceptors (Lipinski definition) is 6. The third-order valence-corrected chi connectivity index (χ3v) is 6.87. The van der Waals surface area contributed by atoms with E-state index in [2.05, 4.69) is 0 Å². The fraction of sp³-hybridized carbons (Fsp3) is 0.393. The number of allylic oxidation sites excluding steroid dienone is 2. The van der Waals surface area contributed by atoms with Crippen LogP contribution in [0.2, 0.25) is 0 Å². The van der Waals surface area contributed by atoms with Crippen LogP contribution in [0, 0.1) is 5.92 Å². The Balaban J connectivity index is 1.75. The van der Waals surface area contributed by atoms with Gasteiger partial charge in [-0.25, -0.2) is 0 Å². The topological polar surface area (TPSA) is 85.2 Å². The third-order valence-electron chi connectivity index (χ3n) is 6.87. The van der Waals surface area contributed by atoms with Crippen molar-refractivity contribution in [3.05, 3.63) is 70.9 Å². The lowest BCUT2D eigenvalue weighted by molar-refractivity contribution is -0.151. The maximum Gasteiger partial charge on any atom is 0.315 e. The molecule has 1 aliphatic carbocycles. The van der Waals surface area contributed by atoms with Crippen LogP contribution in [0.25, 0.3) is 0 Å². The number of nitrogens with zero attached hydrogens (tertiary/aromatic N) is 1. The molecule has 2 aliphatic rings. The number of phenolic OH excluding ortho intramolecular Hbond substituents is 1. The summed E-state index contributed by atoms with van der Waals surface area (Å²) in [5, 5.41) is 9.81. The summed E-state index contributed by atoms with van der Waals surface area (Å²) in [6, 6.07) is 14.5. The smallest absolute Gasteiger partial charge is 0.315 e. The van der Waals surface area contributed by atoms with Gasteiger partial charge < -0.3 is 14.6 Å². The van der Waals surface area contributed by atoms with Gasteiger partial charge in [0.05, 0.1) is 13.2 Å². The molecule has 1 N–H and O–H groups in total. The Morgan fingerprint density at radius 1 is 1.09 bits per heavy atom. The quantitative estimate of drug-likeness (QED) is 0.589. The van der Waals surface area contributed by atoms with Crippen LogP contribution in [0.1, 0.15) is 63.0 Å². The van der Waals surface area contributed by atoms with Crippen molar-refractivity contribution in [3.63, 3.8) is 0 Å². The number of Topliss-reactive ketones (excluding diaryl/α,β-unsaturated/α-hetero) is 1. The zero-order valence-corrected chi connectivity index (χ0v) is 20.1. The van der Waals surface area contributed by atoms with Crippen molar-refractivity contribution in [1.29, 1.82) is 0 Å². The van der Waals surface area contributed by atoms with Gasteiger partial charge >= 0.3 is 5.97 Å². The van der Waals surface area contributed by atoms with E-state index >= 15 is 0 Å². The average molecular weight is 462 g/mol. The number of ketones is 1. The number of phenols is 1. The van der Waals surface area contributed by atoms with Crippen molar-refractivity contribution in [2.45, 2.75) is 58.0 Å². The summed E-state index contributed by atoms with van der Waals surface area (Å²) in [5.74, 6) is -0.631. The van der Waals surface area contributed by atoms with Crippen molar-refractivity contribution < 1.29 is 24.2 Å². The molecule has 6 heteroatoms. The van der Waals surface area contributed by atoms with Crippen LogP contribution >= 0.6 is 0 Å². The van der Waals surface area contributed by atoms with Crippen molar-refractivity contribution in [2.75, 3.05) is 7.11 Å². The van der Waals surface area contributed by atoms with Crippen LogP contribution in [0.15, 0.2) is 64.8 Å². The molecule has 1 unspecified atom stereocenters. The Bertz CT molecular complexity index is 1130. The van der Waals surface area contributed by atoms with E-state index in [1.807, 2.05) is 45.0 Å². The second-order valence-electron chi connectivity index (χ2n) is 9.12. The van der Waals surface area contributed by atoms with E-state index in [0.29, 0.717) is 30.5 Å². The highest BCUT2D eigenvalue weighted by atomic mass is 16.5. The van der Waals surface area contributed by atoms with Crippen LogP contribution in [-0.4, -0.2) is 35.8 Å². The number of methoxy groups -OCH3 is 1. The number of rotatable bonds is 6. The number of hydrogen-bond donors (Lipinski definition) is 1. The number of benzene rings is 2. The molecule has 34 heavy (non-hydrogen) atoms. The Morgan fingerprint density at radius 3 is 2.35 bits per heavy atom. The van der Waals surface area contributed by atoms with Gasteiger partial charge in [-0.2, -0.15) is 0 Å². The maximum atomic E-state index is 13.6. The predicted molar refractivity (Wildman–Crippen MR) is 130 cm³/mol. The summed E-state index contributed by atoms with van der Waals surface area (Å²) >= 11 is 0. The number of aliphatic imine (C=N–C) groups is 1. The normalized spacial score (nSPS) is 23.1. The SMILES string of the molecule is CC[C@@H](C)OC(=O)C1C(C)=NC2=C(C(=O)C[C@H](c3ccc(OC)cc3)C2)[C@H]1c1ccc(O)cc1. The minimum absolute atomic E-state index is 0.00210. The van der Waals surface area contributed by atoms with Gasteiger partial charge in [0.2, 0.25) is 0 Å². The monoisotopic (exact) mass is 461 g/mol. The minimum Gasteiger partial charge on any atom is -0.508 e. The van der Waals surface area contributed by atoms with Gasteiger partial charge in [0.25, 0.3) is 0 Å². The second-order valence-corrected chi connectivity index (χ2v) is 9.12. The van der Waals surface area contributed by atoms with Crippen molar-refractivity contribution >= 4 is 17.5 Å². The molecular weight excluding hydrogens is 430 g/mol. The number of carbonyl (C=O) groups excluding carboxylic acids is 2. The first-order valence-electron chi connectivity index (χ1n) is 11.8. The summed E-state index contributed by atoms with van der Waals surface area (Å²) in [7, 11) is 1.63. The highest BCUT2D eigenvalue weighted by Crippen LogP contribution is 2.47. The third kappa shape index (κ3) is 4.63. The van der Waals surface area contributed by atoms with Crippen LogP contribution < -0.4 is 4.74 Å². The average Bonchev–Trinajstić information content (AvgIpc) is 2.83. The predicted octanol–water partition coefficient (Wildman–Crippen LogP) is 5.32. The number of aromatic hydroxyl groups is 1. The zero-order valence-electron chi connectivity index (χ0n) is 20.1. The molecule has 2 aromatic carbocycles. The fourth-order valence-corrected chi connectivity index (χ4v) is 4.87. The van der Waals surface area contributed by atoms with Crippen LogP contribution in [-0.2, 0) is 14.3 Å². The lowest BCUT2D eigenvalue weighted by atomic mass is 9.69. The highest BCUT2D eigenvalue weighted by Gasteiger charge is 2.45. The van der Waals surface area contributed by atoms with E-state index < -0.39 is 11.8 Å². The molecule has 4 atom stereocenters. The molecule has 0 saturated heterocycles. The number of ether oxygens (including phenoxy) is 2. The van der Waals surface area contributed by atoms with Gasteiger partial charge in [0, 0.05) is 29.3 Å². The van der Waals surface area contributed by atoms with E-state index in [1.54, 1.807) is 31.4 Å². The molecule has 6 nitrogen and oxygen atoms in total. The first-order chi connectivity index (χ1) is 16.3. The Morgan fingerprint density at radius 2 is 1.74 bits per heavy atom. The Labute approximate surface area is 200 Å². The summed E-state index contributed by atoms with van der Waals surface area (Å²) < 4.78 is 11.0. The summed E-state index contributed by atoms with van der Waals surface area (Å²) in [6.45, 7) is 5.65. The van der Waals surface area contributed by atoms with Gasteiger partial charge in [-0.15, -0.1) is 0 Å². The van der Waals surface area contributed by atoms with Crippen molar-refractivity contribution in [2.24, 2.45) is 10.9 Å². The summed E-state index contributed by atoms with van der Waals surface area (Å²) in [6.07, 6.45) is 1.45. The maximum absolute atomic E-state index is 13.6. The molecule has 0 saturated carbocycles. The number of carbonyl (C=O) groups is 2. The first-order valence-corrected chi connectivity index (χ1v) is 11.8. The molecule has 0 bridgehead atoms. The molecule has 0 amide bonds. The van der Waals surface area contributed by atoms with E-state index in [4.69, 9.17) is 14.5 Å². The first kappa shape index (κ1) is 23.7. The van der Waals surface area contributed by atoms with Crippen molar-refractivity contribution in [1.82, 2.24) is 0 Å². The van der Waals surface area contributed by atoms with Gasteiger partial charge in [0.1, 0.15) is 17.4 Å². The molecule has 1 aliphatic heterocycles. The summed E-state index contributed by atoms with van der Waals surface area (Å²) in [4.78, 5) is 31.6. The largest absolute Gasteiger partial charge is 0.508 e. The zero-order chi connectivity index (χ0) is 24.4.